The van der Waals surface area contributed by atoms with Gasteiger partial charge in [-0.05, 0) is 37.6 Å². The smallest absolute Gasteiger partial charge is 0.232 e. The minimum absolute atomic E-state index is 0.00823. The molecular weight excluding hydrogens is 352 g/mol. The molecule has 0 fully saturated rings. The van der Waals surface area contributed by atoms with Gasteiger partial charge in [0.2, 0.25) is 15.9 Å². The van der Waals surface area contributed by atoms with E-state index < -0.39 is 10.0 Å². The number of amides is 1. The van der Waals surface area contributed by atoms with Gasteiger partial charge in [-0.3, -0.25) is 13.9 Å². The van der Waals surface area contributed by atoms with E-state index in [0.717, 1.165) is 16.1 Å². The zero-order valence-electron chi connectivity index (χ0n) is 15.0. The Morgan fingerprint density at radius 3 is 2.38 bits per heavy atom. The Morgan fingerprint density at radius 2 is 1.77 bits per heavy atom. The fourth-order valence-corrected chi connectivity index (χ4v) is 3.41. The number of rotatable bonds is 7. The first kappa shape index (κ1) is 19.7. The monoisotopic (exact) mass is 374 g/mol. The van der Waals surface area contributed by atoms with Crippen molar-refractivity contribution in [2.75, 3.05) is 22.4 Å². The van der Waals surface area contributed by atoms with Gasteiger partial charge >= 0.3 is 0 Å². The highest BCUT2D eigenvalue weighted by molar-refractivity contribution is 7.92. The van der Waals surface area contributed by atoms with Gasteiger partial charge in [0.1, 0.15) is 0 Å². The number of para-hydroxylation sites is 1. The Labute approximate surface area is 153 Å². The highest BCUT2D eigenvalue weighted by atomic mass is 32.2. The number of Topliss-reactive ketones (excluding diaryl/α,β-unsaturated/α-hetero) is 1. The van der Waals surface area contributed by atoms with Crippen molar-refractivity contribution in [3.05, 3.63) is 59.7 Å². The van der Waals surface area contributed by atoms with Crippen molar-refractivity contribution in [2.45, 2.75) is 20.3 Å². The summed E-state index contributed by atoms with van der Waals surface area (Å²) in [5, 5.41) is 2.78. The average Bonchev–Trinajstić information content (AvgIpc) is 2.56. The molecule has 0 aliphatic heterocycles. The van der Waals surface area contributed by atoms with Crippen molar-refractivity contribution < 1.29 is 18.0 Å². The first-order valence-electron chi connectivity index (χ1n) is 8.12. The first-order chi connectivity index (χ1) is 12.2. The Bertz CT molecular complexity index is 923. The van der Waals surface area contributed by atoms with Crippen molar-refractivity contribution in [2.24, 2.45) is 0 Å². The number of nitrogens with zero attached hydrogens (tertiary/aromatic N) is 1. The van der Waals surface area contributed by atoms with E-state index in [4.69, 9.17) is 0 Å². The molecule has 2 rings (SSSR count). The molecule has 0 radical (unpaired) electrons. The molecule has 26 heavy (non-hydrogen) atoms. The molecule has 7 heteroatoms. The lowest BCUT2D eigenvalue weighted by Crippen LogP contribution is -2.33. The van der Waals surface area contributed by atoms with Gasteiger partial charge in [0.25, 0.3) is 0 Å². The summed E-state index contributed by atoms with van der Waals surface area (Å²) in [7, 11) is -3.60. The van der Waals surface area contributed by atoms with Gasteiger partial charge in [-0.25, -0.2) is 8.42 Å². The SMILES string of the molecule is CC(=O)c1cccc(N(CCC(=O)Nc2ccccc2C)S(C)(=O)=O)c1. The highest BCUT2D eigenvalue weighted by Crippen LogP contribution is 2.20. The number of hydrogen-bond acceptors (Lipinski definition) is 4. The van der Waals surface area contributed by atoms with E-state index >= 15 is 0 Å². The molecule has 0 atom stereocenters. The fraction of sp³-hybridized carbons (Fsp3) is 0.263. The summed E-state index contributed by atoms with van der Waals surface area (Å²) in [6.07, 6.45) is 1.07. The van der Waals surface area contributed by atoms with Crippen molar-refractivity contribution in [1.82, 2.24) is 0 Å². The number of carbonyl (C=O) groups excluding carboxylic acids is 2. The second-order valence-corrected chi connectivity index (χ2v) is 7.96. The molecule has 0 heterocycles. The van der Waals surface area contributed by atoms with E-state index in [1.54, 1.807) is 24.3 Å². The lowest BCUT2D eigenvalue weighted by atomic mass is 10.1. The van der Waals surface area contributed by atoms with Gasteiger partial charge < -0.3 is 5.32 Å². The van der Waals surface area contributed by atoms with E-state index in [-0.39, 0.29) is 24.7 Å². The van der Waals surface area contributed by atoms with Crippen LogP contribution in [0.5, 0.6) is 0 Å². The molecular formula is C19H22N2O4S. The van der Waals surface area contributed by atoms with Crippen molar-refractivity contribution in [3.63, 3.8) is 0 Å². The number of carbonyl (C=O) groups is 2. The molecule has 2 aromatic carbocycles. The summed E-state index contributed by atoms with van der Waals surface area (Å²) in [5.41, 5.74) is 2.40. The van der Waals surface area contributed by atoms with Crippen LogP contribution >= 0.6 is 0 Å². The third kappa shape index (κ3) is 5.16. The zero-order chi connectivity index (χ0) is 19.3. The number of sulfonamides is 1. The predicted octanol–water partition coefficient (Wildman–Crippen LogP) is 2.99. The van der Waals surface area contributed by atoms with Crippen LogP contribution in [0, 0.1) is 6.92 Å². The van der Waals surface area contributed by atoms with E-state index in [1.807, 2.05) is 25.1 Å². The van der Waals surface area contributed by atoms with Gasteiger partial charge in [-0.1, -0.05) is 30.3 Å². The summed E-state index contributed by atoms with van der Waals surface area (Å²) in [5.74, 6) is -0.437. The Kier molecular flexibility index (Phi) is 6.15. The standard InChI is InChI=1S/C19H22N2O4S/c1-14-7-4-5-10-18(14)20-19(23)11-12-21(26(3,24)25)17-9-6-8-16(13-17)15(2)22/h4-10,13H,11-12H2,1-3H3,(H,20,23). The van der Waals surface area contributed by atoms with Gasteiger partial charge in [0.05, 0.1) is 11.9 Å². The highest BCUT2D eigenvalue weighted by Gasteiger charge is 2.19. The molecule has 0 bridgehead atoms. The molecule has 0 saturated carbocycles. The molecule has 0 unspecified atom stereocenters. The maximum Gasteiger partial charge on any atom is 0.232 e. The van der Waals surface area contributed by atoms with Gasteiger partial charge in [-0.15, -0.1) is 0 Å². The maximum absolute atomic E-state index is 12.2. The van der Waals surface area contributed by atoms with Crippen molar-refractivity contribution in [3.8, 4) is 0 Å². The van der Waals surface area contributed by atoms with E-state index in [9.17, 15) is 18.0 Å². The molecule has 0 saturated heterocycles. The summed E-state index contributed by atoms with van der Waals surface area (Å²) >= 11 is 0. The Hall–Kier alpha value is -2.67. The van der Waals surface area contributed by atoms with Crippen LogP contribution in [0.1, 0.15) is 29.3 Å². The van der Waals surface area contributed by atoms with Gasteiger partial charge in [0.15, 0.2) is 5.78 Å². The number of aryl methyl sites for hydroxylation is 1. The number of nitrogens with one attached hydrogen (secondary N) is 1. The maximum atomic E-state index is 12.2. The van der Waals surface area contributed by atoms with Crippen LogP contribution in [-0.2, 0) is 14.8 Å². The van der Waals surface area contributed by atoms with Gasteiger partial charge in [0, 0.05) is 24.2 Å². The fourth-order valence-electron chi connectivity index (χ4n) is 2.50. The lowest BCUT2D eigenvalue weighted by molar-refractivity contribution is -0.116. The molecule has 0 aliphatic carbocycles. The second kappa shape index (κ2) is 8.14. The third-order valence-corrected chi connectivity index (χ3v) is 5.10. The van der Waals surface area contributed by atoms with E-state index in [2.05, 4.69) is 5.32 Å². The molecule has 2 aromatic rings. The van der Waals surface area contributed by atoms with Crippen molar-refractivity contribution >= 4 is 33.1 Å². The topological polar surface area (TPSA) is 83.6 Å². The van der Waals surface area contributed by atoms with Crippen LogP contribution in [0.15, 0.2) is 48.5 Å². The molecule has 1 N–H and O–H groups in total. The van der Waals surface area contributed by atoms with Crippen molar-refractivity contribution in [1.29, 1.82) is 0 Å². The first-order valence-corrected chi connectivity index (χ1v) is 9.97. The van der Waals surface area contributed by atoms with E-state index in [1.165, 1.54) is 13.0 Å². The molecule has 1 amide bonds. The van der Waals surface area contributed by atoms with Crippen LogP contribution in [-0.4, -0.2) is 32.9 Å². The number of benzene rings is 2. The number of anilines is 2. The van der Waals surface area contributed by atoms with E-state index in [0.29, 0.717) is 16.9 Å². The summed E-state index contributed by atoms with van der Waals surface area (Å²) in [6.45, 7) is 3.28. The van der Waals surface area contributed by atoms with Crippen LogP contribution in [0.4, 0.5) is 11.4 Å². The molecule has 0 aromatic heterocycles. The van der Waals surface area contributed by atoms with Crippen LogP contribution in [0.3, 0.4) is 0 Å². The average molecular weight is 374 g/mol. The Morgan fingerprint density at radius 1 is 1.08 bits per heavy atom. The normalized spacial score (nSPS) is 11.0. The predicted molar refractivity (Wildman–Crippen MR) is 103 cm³/mol. The van der Waals surface area contributed by atoms with Gasteiger partial charge in [-0.2, -0.15) is 0 Å². The third-order valence-electron chi connectivity index (χ3n) is 3.90. The Balaban J connectivity index is 2.14. The molecule has 138 valence electrons. The second-order valence-electron chi connectivity index (χ2n) is 6.05. The quantitative estimate of drug-likeness (QED) is 0.755. The minimum Gasteiger partial charge on any atom is -0.326 e. The lowest BCUT2D eigenvalue weighted by Gasteiger charge is -2.22. The summed E-state index contributed by atoms with van der Waals surface area (Å²) in [4.78, 5) is 23.8. The molecule has 0 aliphatic rings. The summed E-state index contributed by atoms with van der Waals surface area (Å²) < 4.78 is 25.4. The van der Waals surface area contributed by atoms with Crippen LogP contribution < -0.4 is 9.62 Å². The molecule has 0 spiro atoms. The number of hydrogen-bond donors (Lipinski definition) is 1. The minimum atomic E-state index is -3.60. The largest absolute Gasteiger partial charge is 0.326 e. The van der Waals surface area contributed by atoms with Crippen LogP contribution in [0.25, 0.3) is 0 Å². The molecule has 6 nitrogen and oxygen atoms in total. The zero-order valence-corrected chi connectivity index (χ0v) is 15.8. The summed E-state index contributed by atoms with van der Waals surface area (Å²) in [6, 6.07) is 13.7. The van der Waals surface area contributed by atoms with Crippen LogP contribution in [0.2, 0.25) is 0 Å². The number of ketones is 1.